The van der Waals surface area contributed by atoms with Gasteiger partial charge in [-0.1, -0.05) is 35.9 Å². The van der Waals surface area contributed by atoms with Gasteiger partial charge in [0.15, 0.2) is 0 Å². The number of hydrogen-bond donors (Lipinski definition) is 1. The Bertz CT molecular complexity index is 888. The van der Waals surface area contributed by atoms with Gasteiger partial charge in [0, 0.05) is 18.1 Å². The van der Waals surface area contributed by atoms with Crippen molar-refractivity contribution in [1.82, 2.24) is 5.32 Å². The molecule has 0 aliphatic carbocycles. The Hall–Kier alpha value is -2.06. The fourth-order valence-corrected chi connectivity index (χ4v) is 4.13. The maximum absolute atomic E-state index is 13.4. The molecule has 2 aromatic carbocycles. The summed E-state index contributed by atoms with van der Waals surface area (Å²) < 4.78 is 38.2. The van der Waals surface area contributed by atoms with Gasteiger partial charge in [0.2, 0.25) is 15.9 Å². The van der Waals surface area contributed by atoms with Crippen molar-refractivity contribution in [2.24, 2.45) is 0 Å². The second-order valence-electron chi connectivity index (χ2n) is 6.14. The smallest absolute Gasteiger partial charge is 0.240 e. The van der Waals surface area contributed by atoms with Crippen LogP contribution in [0, 0.1) is 12.7 Å². The van der Waals surface area contributed by atoms with Gasteiger partial charge in [-0.05, 0) is 30.7 Å². The summed E-state index contributed by atoms with van der Waals surface area (Å²) in [6.07, 6.45) is 0.989. The number of rotatable bonds is 9. The lowest BCUT2D eigenvalue weighted by Gasteiger charge is -2.21. The molecule has 0 aliphatic rings. The van der Waals surface area contributed by atoms with E-state index >= 15 is 0 Å². The Morgan fingerprint density at radius 1 is 1.19 bits per heavy atom. The third-order valence-corrected chi connectivity index (χ3v) is 5.87. The summed E-state index contributed by atoms with van der Waals surface area (Å²) in [7, 11) is -3.70. The van der Waals surface area contributed by atoms with E-state index in [0.717, 1.165) is 22.4 Å². The predicted octanol–water partition coefficient (Wildman–Crippen LogP) is 2.95. The van der Waals surface area contributed by atoms with E-state index in [1.807, 2.05) is 19.1 Å². The van der Waals surface area contributed by atoms with Gasteiger partial charge in [0.1, 0.15) is 12.4 Å². The van der Waals surface area contributed by atoms with Gasteiger partial charge < -0.3 is 5.32 Å². The van der Waals surface area contributed by atoms with E-state index in [4.69, 9.17) is 0 Å². The summed E-state index contributed by atoms with van der Waals surface area (Å²) in [5.74, 6) is 0.560. The normalized spacial score (nSPS) is 11.2. The molecule has 0 spiro atoms. The molecular weight excluding hydrogens is 387 g/mol. The van der Waals surface area contributed by atoms with Gasteiger partial charge in [-0.3, -0.25) is 9.10 Å². The summed E-state index contributed by atoms with van der Waals surface area (Å²) >= 11 is 1.68. The van der Waals surface area contributed by atoms with Gasteiger partial charge in [0.05, 0.1) is 11.9 Å². The molecule has 0 heterocycles. The second kappa shape index (κ2) is 9.75. The van der Waals surface area contributed by atoms with Crippen LogP contribution >= 0.6 is 11.8 Å². The fraction of sp³-hybridized carbons (Fsp3) is 0.316. The van der Waals surface area contributed by atoms with Crippen molar-refractivity contribution in [3.05, 3.63) is 65.5 Å². The van der Waals surface area contributed by atoms with E-state index in [9.17, 15) is 17.6 Å². The number of hydrogen-bond acceptors (Lipinski definition) is 4. The SMILES string of the molecule is Cc1cccc(CSCCNC(=O)CN(c2cccc(F)c2)S(C)(=O)=O)c1. The van der Waals surface area contributed by atoms with Crippen molar-refractivity contribution in [3.63, 3.8) is 0 Å². The molecule has 0 aromatic heterocycles. The molecule has 1 amide bonds. The number of halogens is 1. The van der Waals surface area contributed by atoms with Gasteiger partial charge >= 0.3 is 0 Å². The molecule has 0 aliphatic heterocycles. The van der Waals surface area contributed by atoms with E-state index in [1.54, 1.807) is 11.8 Å². The first-order chi connectivity index (χ1) is 12.8. The van der Waals surface area contributed by atoms with Crippen molar-refractivity contribution < 1.29 is 17.6 Å². The van der Waals surface area contributed by atoms with Crippen LogP contribution in [-0.4, -0.2) is 39.4 Å². The number of amides is 1. The Morgan fingerprint density at radius 3 is 2.59 bits per heavy atom. The molecule has 1 N–H and O–H groups in total. The summed E-state index contributed by atoms with van der Waals surface area (Å²) in [6.45, 7) is 2.08. The quantitative estimate of drug-likeness (QED) is 0.646. The molecule has 5 nitrogen and oxygen atoms in total. The molecule has 27 heavy (non-hydrogen) atoms. The van der Waals surface area contributed by atoms with E-state index in [1.165, 1.54) is 29.3 Å². The summed E-state index contributed by atoms with van der Waals surface area (Å²) in [5, 5.41) is 2.71. The van der Waals surface area contributed by atoms with Crippen molar-refractivity contribution in [2.75, 3.05) is 29.4 Å². The first kappa shape index (κ1) is 21.2. The van der Waals surface area contributed by atoms with Gasteiger partial charge in [-0.15, -0.1) is 0 Å². The largest absolute Gasteiger partial charge is 0.354 e. The lowest BCUT2D eigenvalue weighted by molar-refractivity contribution is -0.119. The van der Waals surface area contributed by atoms with Crippen LogP contribution in [0.15, 0.2) is 48.5 Å². The molecule has 0 saturated carbocycles. The number of aryl methyl sites for hydroxylation is 1. The van der Waals surface area contributed by atoms with Crippen LogP contribution in [0.1, 0.15) is 11.1 Å². The molecule has 2 rings (SSSR count). The fourth-order valence-electron chi connectivity index (χ4n) is 2.47. The molecule has 0 unspecified atom stereocenters. The summed E-state index contributed by atoms with van der Waals surface area (Å²) in [4.78, 5) is 12.1. The molecule has 0 radical (unpaired) electrons. The van der Waals surface area contributed by atoms with E-state index in [2.05, 4.69) is 17.4 Å². The minimum absolute atomic E-state index is 0.126. The molecule has 0 saturated heterocycles. The molecule has 0 fully saturated rings. The van der Waals surface area contributed by atoms with Crippen molar-refractivity contribution in [3.8, 4) is 0 Å². The molecule has 2 aromatic rings. The molecule has 146 valence electrons. The highest BCUT2D eigenvalue weighted by atomic mass is 32.2. The maximum atomic E-state index is 13.4. The molecule has 0 atom stereocenters. The minimum Gasteiger partial charge on any atom is -0.354 e. The predicted molar refractivity (Wildman–Crippen MR) is 109 cm³/mol. The van der Waals surface area contributed by atoms with Crippen LogP contribution in [0.5, 0.6) is 0 Å². The number of carbonyl (C=O) groups is 1. The molecular formula is C19H23FN2O3S2. The average Bonchev–Trinajstić information content (AvgIpc) is 2.58. The average molecular weight is 411 g/mol. The maximum Gasteiger partial charge on any atom is 0.240 e. The standard InChI is InChI=1S/C19H23FN2O3S2/c1-15-5-3-6-16(11-15)14-26-10-9-21-19(23)13-22(27(2,24)25)18-8-4-7-17(20)12-18/h3-8,11-12H,9-10,13-14H2,1-2H3,(H,21,23). The third-order valence-electron chi connectivity index (χ3n) is 3.70. The molecule has 8 heteroatoms. The second-order valence-corrected chi connectivity index (χ2v) is 9.15. The van der Waals surface area contributed by atoms with Crippen LogP contribution in [-0.2, 0) is 20.6 Å². The number of sulfonamides is 1. The lowest BCUT2D eigenvalue weighted by Crippen LogP contribution is -2.41. The number of benzene rings is 2. The lowest BCUT2D eigenvalue weighted by atomic mass is 10.2. The zero-order chi connectivity index (χ0) is 19.9. The first-order valence-electron chi connectivity index (χ1n) is 8.39. The van der Waals surface area contributed by atoms with Crippen LogP contribution < -0.4 is 9.62 Å². The first-order valence-corrected chi connectivity index (χ1v) is 11.4. The number of carbonyl (C=O) groups excluding carboxylic acids is 1. The highest BCUT2D eigenvalue weighted by Crippen LogP contribution is 2.18. The van der Waals surface area contributed by atoms with E-state index in [0.29, 0.717) is 12.3 Å². The zero-order valence-electron chi connectivity index (χ0n) is 15.3. The van der Waals surface area contributed by atoms with Gasteiger partial charge in [-0.25, -0.2) is 12.8 Å². The van der Waals surface area contributed by atoms with Crippen molar-refractivity contribution >= 4 is 33.4 Å². The summed E-state index contributed by atoms with van der Waals surface area (Å²) in [5.41, 5.74) is 2.56. The van der Waals surface area contributed by atoms with Crippen LogP contribution in [0.25, 0.3) is 0 Å². The van der Waals surface area contributed by atoms with E-state index in [-0.39, 0.29) is 12.2 Å². The number of nitrogens with zero attached hydrogens (tertiary/aromatic N) is 1. The van der Waals surface area contributed by atoms with Crippen LogP contribution in [0.4, 0.5) is 10.1 Å². The zero-order valence-corrected chi connectivity index (χ0v) is 16.9. The highest BCUT2D eigenvalue weighted by molar-refractivity contribution is 7.98. The Labute approximate surface area is 164 Å². The third kappa shape index (κ3) is 7.22. The number of nitrogens with one attached hydrogen (secondary N) is 1. The van der Waals surface area contributed by atoms with Crippen LogP contribution in [0.3, 0.4) is 0 Å². The van der Waals surface area contributed by atoms with Gasteiger partial charge in [-0.2, -0.15) is 11.8 Å². The minimum atomic E-state index is -3.70. The molecule has 0 bridgehead atoms. The Kier molecular flexibility index (Phi) is 7.67. The van der Waals surface area contributed by atoms with E-state index < -0.39 is 21.7 Å². The summed E-state index contributed by atoms with van der Waals surface area (Å²) in [6, 6.07) is 13.4. The Balaban J connectivity index is 1.82. The topological polar surface area (TPSA) is 66.5 Å². The van der Waals surface area contributed by atoms with Gasteiger partial charge in [0.25, 0.3) is 0 Å². The Morgan fingerprint density at radius 2 is 1.93 bits per heavy atom. The van der Waals surface area contributed by atoms with Crippen LogP contribution in [0.2, 0.25) is 0 Å². The van der Waals surface area contributed by atoms with Crippen molar-refractivity contribution in [2.45, 2.75) is 12.7 Å². The van der Waals surface area contributed by atoms with Crippen molar-refractivity contribution in [1.29, 1.82) is 0 Å². The number of thioether (sulfide) groups is 1. The number of anilines is 1. The highest BCUT2D eigenvalue weighted by Gasteiger charge is 2.21. The monoisotopic (exact) mass is 410 g/mol.